The van der Waals surface area contributed by atoms with Crippen molar-refractivity contribution in [1.82, 2.24) is 9.97 Å². The summed E-state index contributed by atoms with van der Waals surface area (Å²) in [5.41, 5.74) is 1.96. The quantitative estimate of drug-likeness (QED) is 0.431. The maximum atomic E-state index is 12.6. The Bertz CT molecular complexity index is 1180. The number of aromatic nitrogens is 2. The van der Waals surface area contributed by atoms with Crippen molar-refractivity contribution in [1.29, 1.82) is 0 Å². The van der Waals surface area contributed by atoms with Gasteiger partial charge in [-0.25, -0.2) is 9.78 Å². The SMILES string of the molecule is COCCOC(=O)c1sc2nc(/C(Cl)=C/c3ccc(OC)c(C)c3)[nH]c(=O)c2c1C. The van der Waals surface area contributed by atoms with E-state index >= 15 is 0 Å². The van der Waals surface area contributed by atoms with E-state index in [0.29, 0.717) is 27.3 Å². The first-order valence-corrected chi connectivity index (χ1v) is 10.3. The first-order chi connectivity index (χ1) is 14.3. The lowest BCUT2D eigenvalue weighted by Gasteiger charge is -2.05. The number of methoxy groups -OCH3 is 2. The Labute approximate surface area is 182 Å². The highest BCUT2D eigenvalue weighted by Gasteiger charge is 2.21. The van der Waals surface area contributed by atoms with Crippen molar-refractivity contribution in [3.05, 3.63) is 55.9 Å². The van der Waals surface area contributed by atoms with Gasteiger partial charge in [-0.05, 0) is 48.7 Å². The number of thiophene rings is 1. The van der Waals surface area contributed by atoms with Gasteiger partial charge in [-0.2, -0.15) is 0 Å². The lowest BCUT2D eigenvalue weighted by atomic mass is 10.1. The van der Waals surface area contributed by atoms with E-state index in [1.54, 1.807) is 20.1 Å². The van der Waals surface area contributed by atoms with E-state index in [0.717, 1.165) is 28.2 Å². The molecule has 30 heavy (non-hydrogen) atoms. The molecule has 0 amide bonds. The Morgan fingerprint density at radius 2 is 2.03 bits per heavy atom. The standard InChI is InChI=1S/C21H21ClN2O5S/c1-11-9-13(5-6-15(11)28-4)10-14(22)18-23-19(25)16-12(2)17(30-20(16)24-18)21(26)29-8-7-27-3/h5-6,9-10H,7-8H2,1-4H3,(H,23,24,25)/b14-10-. The van der Waals surface area contributed by atoms with E-state index in [1.165, 1.54) is 7.11 Å². The molecule has 0 aliphatic rings. The number of esters is 1. The number of aryl methyl sites for hydroxylation is 2. The number of H-pyrrole nitrogens is 1. The summed E-state index contributed by atoms with van der Waals surface area (Å²) >= 11 is 7.53. The maximum absolute atomic E-state index is 12.6. The van der Waals surface area contributed by atoms with Crippen LogP contribution in [0.3, 0.4) is 0 Å². The number of carbonyl (C=O) groups excluding carboxylic acids is 1. The second kappa shape index (κ2) is 9.42. The predicted molar refractivity (Wildman–Crippen MR) is 119 cm³/mol. The van der Waals surface area contributed by atoms with E-state index in [2.05, 4.69) is 9.97 Å². The highest BCUT2D eigenvalue weighted by Crippen LogP contribution is 2.29. The molecule has 0 radical (unpaired) electrons. The Kier molecular flexibility index (Phi) is 6.91. The molecule has 9 heteroatoms. The zero-order valence-corrected chi connectivity index (χ0v) is 18.6. The molecule has 0 atom stereocenters. The van der Waals surface area contributed by atoms with Crippen molar-refractivity contribution in [3.63, 3.8) is 0 Å². The molecule has 3 aromatic rings. The molecular weight excluding hydrogens is 428 g/mol. The minimum atomic E-state index is -0.510. The van der Waals surface area contributed by atoms with Gasteiger partial charge in [0.25, 0.3) is 5.56 Å². The molecule has 0 aliphatic carbocycles. The topological polar surface area (TPSA) is 90.5 Å². The molecule has 0 unspecified atom stereocenters. The summed E-state index contributed by atoms with van der Waals surface area (Å²) in [4.78, 5) is 32.9. The van der Waals surface area contributed by atoms with Gasteiger partial charge in [0, 0.05) is 7.11 Å². The van der Waals surface area contributed by atoms with E-state index in [4.69, 9.17) is 25.8 Å². The summed E-state index contributed by atoms with van der Waals surface area (Å²) < 4.78 is 15.3. The third-order valence-corrected chi connectivity index (χ3v) is 5.90. The van der Waals surface area contributed by atoms with Crippen LogP contribution in [-0.2, 0) is 9.47 Å². The molecule has 0 fully saturated rings. The van der Waals surface area contributed by atoms with Crippen molar-refractivity contribution >= 4 is 50.2 Å². The molecule has 0 spiro atoms. The molecule has 7 nitrogen and oxygen atoms in total. The van der Waals surface area contributed by atoms with Gasteiger partial charge in [-0.15, -0.1) is 11.3 Å². The first kappa shape index (κ1) is 22.0. The van der Waals surface area contributed by atoms with Crippen LogP contribution in [0.15, 0.2) is 23.0 Å². The molecule has 2 aromatic heterocycles. The second-order valence-corrected chi connectivity index (χ2v) is 7.91. The van der Waals surface area contributed by atoms with Crippen molar-refractivity contribution in [2.75, 3.05) is 27.4 Å². The number of ether oxygens (including phenoxy) is 3. The molecule has 0 aliphatic heterocycles. The molecule has 0 saturated heterocycles. The molecule has 2 heterocycles. The van der Waals surface area contributed by atoms with E-state index in [9.17, 15) is 9.59 Å². The Balaban J connectivity index is 1.97. The number of rotatable bonds is 7. The van der Waals surface area contributed by atoms with E-state index < -0.39 is 5.97 Å². The van der Waals surface area contributed by atoms with Gasteiger partial charge in [0.05, 0.1) is 24.1 Å². The Hall–Kier alpha value is -2.68. The van der Waals surface area contributed by atoms with Crippen molar-refractivity contribution in [2.45, 2.75) is 13.8 Å². The predicted octanol–water partition coefficient (Wildman–Crippen LogP) is 4.15. The van der Waals surface area contributed by atoms with Gasteiger partial charge >= 0.3 is 5.97 Å². The van der Waals surface area contributed by atoms with Crippen LogP contribution in [0.2, 0.25) is 0 Å². The summed E-state index contributed by atoms with van der Waals surface area (Å²) in [6.45, 7) is 4.05. The summed E-state index contributed by atoms with van der Waals surface area (Å²) in [7, 11) is 3.13. The van der Waals surface area contributed by atoms with Crippen molar-refractivity contribution < 1.29 is 19.0 Å². The van der Waals surface area contributed by atoms with Crippen LogP contribution in [0, 0.1) is 13.8 Å². The van der Waals surface area contributed by atoms with Gasteiger partial charge in [0.1, 0.15) is 22.1 Å². The summed E-state index contributed by atoms with van der Waals surface area (Å²) in [6.07, 6.45) is 1.71. The van der Waals surface area contributed by atoms with Crippen LogP contribution in [0.1, 0.15) is 32.2 Å². The molecule has 0 saturated carbocycles. The van der Waals surface area contributed by atoms with Crippen molar-refractivity contribution in [3.8, 4) is 5.75 Å². The maximum Gasteiger partial charge on any atom is 0.348 e. The number of benzene rings is 1. The van der Waals surface area contributed by atoms with E-state index in [1.807, 2.05) is 25.1 Å². The normalized spacial score (nSPS) is 11.7. The van der Waals surface area contributed by atoms with Crippen molar-refractivity contribution in [2.24, 2.45) is 0 Å². The number of carbonyl (C=O) groups is 1. The number of nitrogens with one attached hydrogen (secondary N) is 1. The van der Waals surface area contributed by atoms with Gasteiger partial charge in [0.2, 0.25) is 0 Å². The molecule has 158 valence electrons. The number of nitrogens with zero attached hydrogens (tertiary/aromatic N) is 1. The van der Waals surface area contributed by atoms with Crippen LogP contribution >= 0.6 is 22.9 Å². The van der Waals surface area contributed by atoms with Crippen LogP contribution in [0.25, 0.3) is 21.3 Å². The van der Waals surface area contributed by atoms with Gasteiger partial charge in [-0.3, -0.25) is 4.79 Å². The minimum absolute atomic E-state index is 0.133. The fourth-order valence-corrected chi connectivity index (χ4v) is 4.23. The fourth-order valence-electron chi connectivity index (χ4n) is 2.94. The first-order valence-electron chi connectivity index (χ1n) is 9.07. The third-order valence-electron chi connectivity index (χ3n) is 4.45. The lowest BCUT2D eigenvalue weighted by molar-refractivity contribution is 0.0393. The van der Waals surface area contributed by atoms with E-state index in [-0.39, 0.29) is 23.0 Å². The average molecular weight is 449 g/mol. The molecule has 1 aromatic carbocycles. The monoisotopic (exact) mass is 448 g/mol. The van der Waals surface area contributed by atoms with Crippen LogP contribution in [0.4, 0.5) is 0 Å². The summed E-state index contributed by atoms with van der Waals surface area (Å²) in [5.74, 6) is 0.488. The Morgan fingerprint density at radius 3 is 2.70 bits per heavy atom. The average Bonchev–Trinajstić information content (AvgIpc) is 3.05. The number of halogens is 1. The smallest absolute Gasteiger partial charge is 0.348 e. The summed E-state index contributed by atoms with van der Waals surface area (Å²) in [6, 6.07) is 5.62. The number of hydrogen-bond acceptors (Lipinski definition) is 7. The molecule has 0 bridgehead atoms. The Morgan fingerprint density at radius 1 is 1.27 bits per heavy atom. The van der Waals surface area contributed by atoms with Gasteiger partial charge in [-0.1, -0.05) is 17.7 Å². The number of fused-ring (bicyclic) bond motifs is 1. The summed E-state index contributed by atoms with van der Waals surface area (Å²) in [5, 5.41) is 0.626. The molecular formula is C21H21ClN2O5S. The van der Waals surface area contributed by atoms with Gasteiger partial charge in [0.15, 0.2) is 5.82 Å². The number of aromatic amines is 1. The number of hydrogen-bond donors (Lipinski definition) is 1. The minimum Gasteiger partial charge on any atom is -0.496 e. The fraction of sp³-hybridized carbons (Fsp3) is 0.286. The zero-order valence-electron chi connectivity index (χ0n) is 17.0. The second-order valence-electron chi connectivity index (χ2n) is 6.50. The lowest BCUT2D eigenvalue weighted by Crippen LogP contribution is -2.11. The highest BCUT2D eigenvalue weighted by molar-refractivity contribution is 7.20. The largest absolute Gasteiger partial charge is 0.496 e. The zero-order chi connectivity index (χ0) is 21.8. The highest BCUT2D eigenvalue weighted by atomic mass is 35.5. The van der Waals surface area contributed by atoms with Crippen LogP contribution in [-0.4, -0.2) is 43.4 Å². The van der Waals surface area contributed by atoms with Crippen LogP contribution in [0.5, 0.6) is 5.75 Å². The molecule has 1 N–H and O–H groups in total. The van der Waals surface area contributed by atoms with Gasteiger partial charge < -0.3 is 19.2 Å². The third kappa shape index (κ3) is 4.56. The molecule has 3 rings (SSSR count). The van der Waals surface area contributed by atoms with Crippen LogP contribution < -0.4 is 10.3 Å².